The maximum Gasteiger partial charge on any atom is 0.307 e. The van der Waals surface area contributed by atoms with E-state index in [0.717, 1.165) is 12.3 Å². The summed E-state index contributed by atoms with van der Waals surface area (Å²) < 4.78 is 0. The van der Waals surface area contributed by atoms with Crippen molar-refractivity contribution < 1.29 is 24.4 Å². The van der Waals surface area contributed by atoms with Crippen LogP contribution < -0.4 is 10.6 Å². The van der Waals surface area contributed by atoms with E-state index in [0.29, 0.717) is 0 Å². The highest BCUT2D eigenvalue weighted by molar-refractivity contribution is 6.35. The molecule has 0 saturated carbocycles. The molecule has 1 aromatic heterocycles. The third-order valence-corrected chi connectivity index (χ3v) is 4.75. The van der Waals surface area contributed by atoms with Crippen molar-refractivity contribution in [1.29, 1.82) is 0 Å². The fourth-order valence-corrected chi connectivity index (χ4v) is 3.26. The number of benzene rings is 1. The first-order valence-electron chi connectivity index (χ1n) is 8.54. The standard InChI is InChI=1S/C18H15Cl3N4O6/c1-8(26)2-13(11-4-10(19)5-12(20)16(11)28)24-15(27)7-23-18(29)9-3-14(25(30)31)17(21)22-6-9/h3-6,13,28H,2,7H2,1H3,(H,23,29)(H,24,27). The highest BCUT2D eigenvalue weighted by atomic mass is 35.5. The van der Waals surface area contributed by atoms with Gasteiger partial charge in [0.15, 0.2) is 0 Å². The number of ketones is 1. The average molecular weight is 490 g/mol. The molecule has 1 atom stereocenters. The maximum atomic E-state index is 12.3. The van der Waals surface area contributed by atoms with E-state index in [9.17, 15) is 29.6 Å². The number of nitrogens with one attached hydrogen (secondary N) is 2. The van der Waals surface area contributed by atoms with Crippen molar-refractivity contribution in [2.24, 2.45) is 0 Å². The highest BCUT2D eigenvalue weighted by Gasteiger charge is 2.23. The van der Waals surface area contributed by atoms with Gasteiger partial charge in [-0.15, -0.1) is 0 Å². The largest absolute Gasteiger partial charge is 0.506 e. The number of carbonyl (C=O) groups is 3. The van der Waals surface area contributed by atoms with Gasteiger partial charge in [-0.2, -0.15) is 0 Å². The zero-order chi connectivity index (χ0) is 23.3. The molecule has 31 heavy (non-hydrogen) atoms. The minimum atomic E-state index is -0.962. The molecule has 164 valence electrons. The highest BCUT2D eigenvalue weighted by Crippen LogP contribution is 2.36. The third-order valence-electron chi connectivity index (χ3n) is 3.95. The van der Waals surface area contributed by atoms with E-state index < -0.39 is 35.0 Å². The van der Waals surface area contributed by atoms with Gasteiger partial charge >= 0.3 is 5.69 Å². The SMILES string of the molecule is CC(=O)CC(NC(=O)CNC(=O)c1cnc(Cl)c([N+](=O)[O-])c1)c1cc(Cl)cc(Cl)c1O. The first-order valence-corrected chi connectivity index (χ1v) is 9.67. The molecular weight excluding hydrogens is 475 g/mol. The number of phenolic OH excluding ortho intramolecular Hbond substituents is 1. The predicted molar refractivity (Wildman–Crippen MR) is 113 cm³/mol. The number of hydrogen-bond acceptors (Lipinski definition) is 7. The smallest absolute Gasteiger partial charge is 0.307 e. The third kappa shape index (κ3) is 6.51. The lowest BCUT2D eigenvalue weighted by Crippen LogP contribution is -2.39. The van der Waals surface area contributed by atoms with E-state index in [4.69, 9.17) is 34.8 Å². The van der Waals surface area contributed by atoms with Crippen molar-refractivity contribution >= 4 is 58.1 Å². The van der Waals surface area contributed by atoms with Crippen LogP contribution in [0.4, 0.5) is 5.69 Å². The molecule has 2 aromatic rings. The van der Waals surface area contributed by atoms with E-state index in [1.165, 1.54) is 19.1 Å². The normalized spacial score (nSPS) is 11.5. The Balaban J connectivity index is 2.12. The second kappa shape index (κ2) is 10.4. The van der Waals surface area contributed by atoms with Crippen LogP contribution in [0.3, 0.4) is 0 Å². The fraction of sp³-hybridized carbons (Fsp3) is 0.222. The molecule has 2 rings (SSSR count). The summed E-state index contributed by atoms with van der Waals surface area (Å²) in [4.78, 5) is 49.8. The Morgan fingerprint density at radius 2 is 1.90 bits per heavy atom. The van der Waals surface area contributed by atoms with Crippen LogP contribution >= 0.6 is 34.8 Å². The van der Waals surface area contributed by atoms with Crippen LogP contribution in [0.25, 0.3) is 0 Å². The Bertz CT molecular complexity index is 1060. The predicted octanol–water partition coefficient (Wildman–Crippen LogP) is 3.22. The van der Waals surface area contributed by atoms with Gasteiger partial charge in [-0.1, -0.05) is 34.8 Å². The number of rotatable bonds is 8. The minimum Gasteiger partial charge on any atom is -0.506 e. The van der Waals surface area contributed by atoms with E-state index in [-0.39, 0.29) is 44.3 Å². The van der Waals surface area contributed by atoms with Gasteiger partial charge in [-0.3, -0.25) is 24.5 Å². The molecule has 1 heterocycles. The van der Waals surface area contributed by atoms with Crippen LogP contribution in [0.5, 0.6) is 5.75 Å². The molecule has 0 aliphatic rings. The molecule has 0 aliphatic heterocycles. The average Bonchev–Trinajstić information content (AvgIpc) is 2.68. The topological polar surface area (TPSA) is 152 Å². The molecular formula is C18H15Cl3N4O6. The molecule has 0 bridgehead atoms. The van der Waals surface area contributed by atoms with E-state index >= 15 is 0 Å². The van der Waals surface area contributed by atoms with Gasteiger partial charge in [0.1, 0.15) is 11.5 Å². The Morgan fingerprint density at radius 3 is 2.52 bits per heavy atom. The molecule has 1 unspecified atom stereocenters. The zero-order valence-electron chi connectivity index (χ0n) is 15.8. The van der Waals surface area contributed by atoms with Crippen LogP contribution in [0.2, 0.25) is 15.2 Å². The molecule has 1 aromatic carbocycles. The summed E-state index contributed by atoms with van der Waals surface area (Å²) in [5.74, 6) is -2.14. The molecule has 2 amide bonds. The number of hydrogen-bond donors (Lipinski definition) is 3. The maximum absolute atomic E-state index is 12.3. The van der Waals surface area contributed by atoms with Crippen LogP contribution in [0, 0.1) is 10.1 Å². The van der Waals surface area contributed by atoms with Gasteiger partial charge in [0.25, 0.3) is 5.91 Å². The Hall–Kier alpha value is -2.95. The minimum absolute atomic E-state index is 0.0598. The number of amides is 2. The lowest BCUT2D eigenvalue weighted by molar-refractivity contribution is -0.385. The number of nitrogens with zero attached hydrogens (tertiary/aromatic N) is 2. The number of carbonyl (C=O) groups excluding carboxylic acids is 3. The lowest BCUT2D eigenvalue weighted by Gasteiger charge is -2.20. The number of halogens is 3. The van der Waals surface area contributed by atoms with Crippen molar-refractivity contribution in [2.75, 3.05) is 6.54 Å². The van der Waals surface area contributed by atoms with Gasteiger partial charge in [0.05, 0.1) is 28.1 Å². The molecule has 0 aliphatic carbocycles. The van der Waals surface area contributed by atoms with Crippen LogP contribution in [-0.2, 0) is 9.59 Å². The monoisotopic (exact) mass is 488 g/mol. The number of nitro groups is 1. The Morgan fingerprint density at radius 1 is 1.23 bits per heavy atom. The van der Waals surface area contributed by atoms with E-state index in [1.807, 2.05) is 0 Å². The Labute approximate surface area is 190 Å². The van der Waals surface area contributed by atoms with Crippen LogP contribution in [-0.4, -0.2) is 39.2 Å². The first kappa shape index (κ1) is 24.3. The summed E-state index contributed by atoms with van der Waals surface area (Å²) in [6.45, 7) is 0.767. The summed E-state index contributed by atoms with van der Waals surface area (Å²) in [7, 11) is 0. The second-order valence-electron chi connectivity index (χ2n) is 6.33. The summed E-state index contributed by atoms with van der Waals surface area (Å²) in [5.41, 5.74) is -0.609. The lowest BCUT2D eigenvalue weighted by atomic mass is 10.0. The van der Waals surface area contributed by atoms with Gasteiger partial charge in [0, 0.05) is 29.3 Å². The van der Waals surface area contributed by atoms with Gasteiger partial charge in [0.2, 0.25) is 11.1 Å². The van der Waals surface area contributed by atoms with Crippen molar-refractivity contribution in [3.05, 3.63) is 60.8 Å². The van der Waals surface area contributed by atoms with E-state index in [1.54, 1.807) is 0 Å². The quantitative estimate of drug-likeness (QED) is 0.292. The Kier molecular flexibility index (Phi) is 8.14. The number of phenols is 1. The van der Waals surface area contributed by atoms with Gasteiger partial charge in [-0.25, -0.2) is 4.98 Å². The van der Waals surface area contributed by atoms with Gasteiger partial charge in [-0.05, 0) is 19.1 Å². The van der Waals surface area contributed by atoms with Crippen LogP contribution in [0.1, 0.15) is 35.3 Å². The molecule has 3 N–H and O–H groups in total. The van der Waals surface area contributed by atoms with Crippen molar-refractivity contribution in [2.45, 2.75) is 19.4 Å². The summed E-state index contributed by atoms with van der Waals surface area (Å²) in [6, 6.07) is 2.62. The van der Waals surface area contributed by atoms with Gasteiger partial charge < -0.3 is 15.7 Å². The fourth-order valence-electron chi connectivity index (χ4n) is 2.57. The summed E-state index contributed by atoms with van der Waals surface area (Å²) >= 11 is 17.4. The molecule has 13 heteroatoms. The van der Waals surface area contributed by atoms with Crippen molar-refractivity contribution in [1.82, 2.24) is 15.6 Å². The molecule has 10 nitrogen and oxygen atoms in total. The number of Topliss-reactive ketones (excluding diaryl/α,β-unsaturated/α-hetero) is 1. The molecule has 0 radical (unpaired) electrons. The summed E-state index contributed by atoms with van der Waals surface area (Å²) in [6.07, 6.45) is 0.852. The number of aromatic nitrogens is 1. The van der Waals surface area contributed by atoms with Crippen LogP contribution in [0.15, 0.2) is 24.4 Å². The molecule has 0 saturated heterocycles. The summed E-state index contributed by atoms with van der Waals surface area (Å²) in [5, 5.41) is 25.6. The van der Waals surface area contributed by atoms with Crippen molar-refractivity contribution in [3.63, 3.8) is 0 Å². The van der Waals surface area contributed by atoms with E-state index in [2.05, 4.69) is 15.6 Å². The zero-order valence-corrected chi connectivity index (χ0v) is 18.1. The molecule has 0 fully saturated rings. The second-order valence-corrected chi connectivity index (χ2v) is 7.53. The first-order chi connectivity index (χ1) is 14.5. The van der Waals surface area contributed by atoms with Crippen molar-refractivity contribution in [3.8, 4) is 5.75 Å². The number of pyridine rings is 1. The number of aromatic hydroxyl groups is 1. The molecule has 0 spiro atoms.